The number of aliphatic hydroxyl groups excluding tert-OH is 2. The number of ether oxygens (including phenoxy) is 2. The summed E-state index contributed by atoms with van der Waals surface area (Å²) < 4.78 is 11.4. The summed E-state index contributed by atoms with van der Waals surface area (Å²) in [5.74, 6) is -0.204. The van der Waals surface area contributed by atoms with E-state index < -0.39 is 12.2 Å². The van der Waals surface area contributed by atoms with Crippen LogP contribution in [0.5, 0.6) is 5.75 Å². The Morgan fingerprint density at radius 2 is 1.87 bits per heavy atom. The minimum atomic E-state index is -0.759. The van der Waals surface area contributed by atoms with Crippen molar-refractivity contribution in [2.24, 2.45) is 0 Å². The number of hydrogen-bond donors (Lipinski definition) is 4. The van der Waals surface area contributed by atoms with Gasteiger partial charge in [0.1, 0.15) is 5.75 Å². The van der Waals surface area contributed by atoms with Gasteiger partial charge in [-0.05, 0) is 55.5 Å². The molecule has 2 bridgehead atoms. The third-order valence-electron chi connectivity index (χ3n) is 7.55. The number of carbonyl (C=O) groups is 2. The molecule has 0 radical (unpaired) electrons. The first kappa shape index (κ1) is 28.3. The summed E-state index contributed by atoms with van der Waals surface area (Å²) in [4.78, 5) is 28.3. The van der Waals surface area contributed by atoms with Crippen molar-refractivity contribution in [3.8, 4) is 5.75 Å². The van der Waals surface area contributed by atoms with E-state index in [4.69, 9.17) is 9.47 Å². The number of morpholine rings is 1. The van der Waals surface area contributed by atoms with E-state index >= 15 is 0 Å². The van der Waals surface area contributed by atoms with Gasteiger partial charge in [0.05, 0.1) is 49.7 Å². The Morgan fingerprint density at radius 3 is 2.58 bits per heavy atom. The van der Waals surface area contributed by atoms with E-state index in [0.29, 0.717) is 62.5 Å². The predicted molar refractivity (Wildman–Crippen MR) is 144 cm³/mol. The highest BCUT2D eigenvalue weighted by molar-refractivity contribution is 6.00. The molecule has 0 saturated carbocycles. The standard InChI is InChI=1S/C28H35N3O6.ClH/c1-2-37-26-10-18(28(35)31-20-11-22(32)12-21(31)16-36-15-20)7-8-23(26)27(34)30-14-25(33)24-9-17-5-3-4-6-19(17)13-29-24;/h3-8,10,20-22,24-25,29,32-33H,2,9,11-16H2,1H3,(H,30,34);1H. The topological polar surface area (TPSA) is 120 Å². The molecule has 3 aliphatic heterocycles. The number of amides is 2. The monoisotopic (exact) mass is 545 g/mol. The van der Waals surface area contributed by atoms with Crippen molar-refractivity contribution in [3.05, 3.63) is 64.7 Å². The fraction of sp³-hybridized carbons (Fsp3) is 0.500. The van der Waals surface area contributed by atoms with Crippen molar-refractivity contribution in [1.82, 2.24) is 15.5 Å². The fourth-order valence-corrected chi connectivity index (χ4v) is 5.67. The summed E-state index contributed by atoms with van der Waals surface area (Å²) in [6.07, 6.45) is 0.483. The van der Waals surface area contributed by atoms with Gasteiger partial charge < -0.3 is 35.2 Å². The van der Waals surface area contributed by atoms with Crippen LogP contribution in [0, 0.1) is 0 Å². The summed E-state index contributed by atoms with van der Waals surface area (Å²) in [7, 11) is 0. The van der Waals surface area contributed by atoms with Crippen molar-refractivity contribution in [2.45, 2.75) is 63.1 Å². The average Bonchev–Trinajstić information content (AvgIpc) is 2.90. The molecule has 4 N–H and O–H groups in total. The number of fused-ring (bicyclic) bond motifs is 3. The molecule has 2 saturated heterocycles. The van der Waals surface area contributed by atoms with Crippen LogP contribution in [-0.4, -0.2) is 83.6 Å². The van der Waals surface area contributed by atoms with Crippen LogP contribution in [0.1, 0.15) is 51.6 Å². The van der Waals surface area contributed by atoms with E-state index in [1.807, 2.05) is 24.0 Å². The number of piperidine rings is 1. The molecule has 2 aromatic carbocycles. The third-order valence-corrected chi connectivity index (χ3v) is 7.55. The molecule has 2 amide bonds. The number of nitrogens with zero attached hydrogens (tertiary/aromatic N) is 1. The average molecular weight is 546 g/mol. The molecule has 0 aromatic heterocycles. The Labute approximate surface area is 228 Å². The van der Waals surface area contributed by atoms with Gasteiger partial charge in [-0.2, -0.15) is 0 Å². The molecule has 2 aromatic rings. The molecule has 4 unspecified atom stereocenters. The second-order valence-corrected chi connectivity index (χ2v) is 10.1. The lowest BCUT2D eigenvalue weighted by Crippen LogP contribution is -2.60. The zero-order valence-electron chi connectivity index (χ0n) is 21.5. The smallest absolute Gasteiger partial charge is 0.255 e. The van der Waals surface area contributed by atoms with E-state index in [-0.39, 0.29) is 48.9 Å². The van der Waals surface area contributed by atoms with E-state index in [2.05, 4.69) is 22.8 Å². The summed E-state index contributed by atoms with van der Waals surface area (Å²) in [6.45, 7) is 3.73. The van der Waals surface area contributed by atoms with Crippen molar-refractivity contribution in [2.75, 3.05) is 26.4 Å². The molecule has 5 rings (SSSR count). The lowest BCUT2D eigenvalue weighted by molar-refractivity contribution is -0.0871. The Balaban J connectivity index is 0.00000336. The molecule has 10 heteroatoms. The van der Waals surface area contributed by atoms with Crippen LogP contribution >= 0.6 is 12.4 Å². The lowest BCUT2D eigenvalue weighted by Gasteiger charge is -2.47. The first-order valence-corrected chi connectivity index (χ1v) is 13.1. The molecule has 38 heavy (non-hydrogen) atoms. The number of nitrogens with one attached hydrogen (secondary N) is 2. The first-order valence-electron chi connectivity index (χ1n) is 13.1. The van der Waals surface area contributed by atoms with Crippen LogP contribution < -0.4 is 15.4 Å². The molecule has 3 aliphatic rings. The molecule has 2 fully saturated rings. The summed E-state index contributed by atoms with van der Waals surface area (Å²) in [5, 5.41) is 27.0. The van der Waals surface area contributed by atoms with Gasteiger partial charge >= 0.3 is 0 Å². The lowest BCUT2D eigenvalue weighted by atomic mass is 9.91. The summed E-state index contributed by atoms with van der Waals surface area (Å²) >= 11 is 0. The number of carbonyl (C=O) groups excluding carboxylic acids is 2. The van der Waals surface area contributed by atoms with Gasteiger partial charge in [0, 0.05) is 24.7 Å². The zero-order valence-corrected chi connectivity index (χ0v) is 22.3. The quantitative estimate of drug-likeness (QED) is 0.418. The highest BCUT2D eigenvalue weighted by atomic mass is 35.5. The second-order valence-electron chi connectivity index (χ2n) is 10.1. The molecule has 9 nitrogen and oxygen atoms in total. The van der Waals surface area contributed by atoms with Gasteiger partial charge in [-0.25, -0.2) is 0 Å². The first-order chi connectivity index (χ1) is 17.9. The van der Waals surface area contributed by atoms with Gasteiger partial charge in [-0.15, -0.1) is 12.4 Å². The van der Waals surface area contributed by atoms with Crippen LogP contribution in [0.25, 0.3) is 0 Å². The van der Waals surface area contributed by atoms with Gasteiger partial charge in [0.25, 0.3) is 11.8 Å². The largest absolute Gasteiger partial charge is 0.493 e. The Kier molecular flexibility index (Phi) is 9.27. The molecule has 0 aliphatic carbocycles. The summed E-state index contributed by atoms with van der Waals surface area (Å²) in [5.41, 5.74) is 3.17. The number of aliphatic hydroxyl groups is 2. The number of benzene rings is 2. The van der Waals surface area contributed by atoms with E-state index in [9.17, 15) is 19.8 Å². The van der Waals surface area contributed by atoms with Crippen LogP contribution in [0.15, 0.2) is 42.5 Å². The van der Waals surface area contributed by atoms with Gasteiger partial charge in [0.15, 0.2) is 0 Å². The molecular weight excluding hydrogens is 510 g/mol. The Bertz CT molecular complexity index is 1130. The normalized spacial score (nSPS) is 25.0. The van der Waals surface area contributed by atoms with Gasteiger partial charge in [-0.1, -0.05) is 24.3 Å². The predicted octanol–water partition coefficient (Wildman–Crippen LogP) is 1.68. The SMILES string of the molecule is CCOc1cc(C(=O)N2C3COCC2CC(O)C3)ccc1C(=O)NCC(O)C1Cc2ccccc2CN1.Cl. The molecule has 3 heterocycles. The van der Waals surface area contributed by atoms with Gasteiger partial charge in [-0.3, -0.25) is 9.59 Å². The van der Waals surface area contributed by atoms with Gasteiger partial charge in [0.2, 0.25) is 0 Å². The van der Waals surface area contributed by atoms with E-state index in [1.54, 1.807) is 18.2 Å². The van der Waals surface area contributed by atoms with Crippen LogP contribution in [0.2, 0.25) is 0 Å². The van der Waals surface area contributed by atoms with Crippen LogP contribution in [0.3, 0.4) is 0 Å². The van der Waals surface area contributed by atoms with Crippen LogP contribution in [-0.2, 0) is 17.7 Å². The zero-order chi connectivity index (χ0) is 25.9. The number of rotatable bonds is 7. The molecule has 0 spiro atoms. The fourth-order valence-electron chi connectivity index (χ4n) is 5.67. The maximum Gasteiger partial charge on any atom is 0.255 e. The summed E-state index contributed by atoms with van der Waals surface area (Å²) in [6, 6.07) is 12.5. The highest BCUT2D eigenvalue weighted by Crippen LogP contribution is 2.31. The highest BCUT2D eigenvalue weighted by Gasteiger charge is 2.41. The van der Waals surface area contributed by atoms with Crippen molar-refractivity contribution >= 4 is 24.2 Å². The second kappa shape index (κ2) is 12.4. The van der Waals surface area contributed by atoms with Crippen molar-refractivity contribution in [3.63, 3.8) is 0 Å². The Morgan fingerprint density at radius 1 is 1.16 bits per heavy atom. The van der Waals surface area contributed by atoms with Crippen molar-refractivity contribution < 1.29 is 29.3 Å². The molecule has 4 atom stereocenters. The number of hydrogen-bond acceptors (Lipinski definition) is 7. The van der Waals surface area contributed by atoms with Crippen molar-refractivity contribution in [1.29, 1.82) is 0 Å². The van der Waals surface area contributed by atoms with Crippen LogP contribution in [0.4, 0.5) is 0 Å². The maximum absolute atomic E-state index is 13.4. The number of halogens is 1. The van der Waals surface area contributed by atoms with E-state index in [0.717, 1.165) is 0 Å². The molecule has 206 valence electrons. The minimum Gasteiger partial charge on any atom is -0.493 e. The minimum absolute atomic E-state index is 0. The maximum atomic E-state index is 13.4. The molecular formula is C28H36ClN3O6. The third kappa shape index (κ3) is 5.97. The van der Waals surface area contributed by atoms with E-state index in [1.165, 1.54) is 11.1 Å². The Hall–Kier alpha value is -2.69.